The van der Waals surface area contributed by atoms with E-state index in [-0.39, 0.29) is 36.4 Å². The molecular formula is C18H25FIN3OS. The third-order valence-corrected chi connectivity index (χ3v) is 4.82. The fourth-order valence-corrected chi connectivity index (χ4v) is 3.19. The van der Waals surface area contributed by atoms with E-state index in [1.54, 1.807) is 20.2 Å². The molecule has 2 rings (SSSR count). The normalized spacial score (nSPS) is 11.1. The average Bonchev–Trinajstić information content (AvgIpc) is 3.06. The first-order chi connectivity index (χ1) is 11.7. The van der Waals surface area contributed by atoms with E-state index < -0.39 is 0 Å². The zero-order valence-electron chi connectivity index (χ0n) is 14.8. The van der Waals surface area contributed by atoms with E-state index in [2.05, 4.69) is 34.7 Å². The molecule has 2 N–H and O–H groups in total. The van der Waals surface area contributed by atoms with Gasteiger partial charge in [0, 0.05) is 36.0 Å². The lowest BCUT2D eigenvalue weighted by atomic mass is 10.1. The van der Waals surface area contributed by atoms with Crippen LogP contribution < -0.4 is 10.6 Å². The second-order valence-electron chi connectivity index (χ2n) is 5.36. The fourth-order valence-electron chi connectivity index (χ4n) is 2.29. The first-order valence-corrected chi connectivity index (χ1v) is 8.76. The Balaban J connectivity index is 0.00000312. The van der Waals surface area contributed by atoms with Crippen molar-refractivity contribution in [1.29, 1.82) is 0 Å². The van der Waals surface area contributed by atoms with Gasteiger partial charge in [0.1, 0.15) is 5.82 Å². The molecule has 0 fully saturated rings. The first-order valence-electron chi connectivity index (χ1n) is 7.94. The van der Waals surface area contributed by atoms with Gasteiger partial charge < -0.3 is 15.4 Å². The molecule has 0 aliphatic heterocycles. The van der Waals surface area contributed by atoms with Crippen molar-refractivity contribution in [3.8, 4) is 0 Å². The minimum absolute atomic E-state index is 0. The molecule has 138 valence electrons. The number of aliphatic imine (C=N–C) groups is 1. The third kappa shape index (κ3) is 6.91. The number of methoxy groups -OCH3 is 1. The molecular weight excluding hydrogens is 452 g/mol. The molecule has 0 bridgehead atoms. The van der Waals surface area contributed by atoms with Crippen LogP contribution in [0, 0.1) is 5.82 Å². The van der Waals surface area contributed by atoms with Gasteiger partial charge in [0.2, 0.25) is 0 Å². The van der Waals surface area contributed by atoms with Crippen molar-refractivity contribution >= 4 is 41.3 Å². The summed E-state index contributed by atoms with van der Waals surface area (Å²) in [5.41, 5.74) is 1.54. The van der Waals surface area contributed by atoms with E-state index in [9.17, 15) is 4.39 Å². The second-order valence-corrected chi connectivity index (χ2v) is 6.61. The van der Waals surface area contributed by atoms with E-state index in [1.807, 2.05) is 17.4 Å². The summed E-state index contributed by atoms with van der Waals surface area (Å²) in [5.74, 6) is 0.478. The number of guanidine groups is 1. The van der Waals surface area contributed by atoms with Crippen molar-refractivity contribution in [3.63, 3.8) is 0 Å². The van der Waals surface area contributed by atoms with Gasteiger partial charge in [0.15, 0.2) is 5.96 Å². The van der Waals surface area contributed by atoms with Gasteiger partial charge in [-0.3, -0.25) is 4.99 Å². The van der Waals surface area contributed by atoms with Crippen molar-refractivity contribution < 1.29 is 9.13 Å². The number of nitrogens with one attached hydrogen (secondary N) is 2. The van der Waals surface area contributed by atoms with Crippen LogP contribution in [-0.2, 0) is 30.9 Å². The molecule has 1 aromatic heterocycles. The number of nitrogens with zero attached hydrogens (tertiary/aromatic N) is 1. The Labute approximate surface area is 169 Å². The van der Waals surface area contributed by atoms with Crippen LogP contribution in [0.1, 0.15) is 27.8 Å². The molecule has 0 saturated heterocycles. The molecule has 0 atom stereocenters. The van der Waals surface area contributed by atoms with Gasteiger partial charge in [-0.15, -0.1) is 35.3 Å². The van der Waals surface area contributed by atoms with Gasteiger partial charge in [0.05, 0.1) is 13.2 Å². The van der Waals surface area contributed by atoms with Crippen molar-refractivity contribution in [2.75, 3.05) is 14.2 Å². The maximum Gasteiger partial charge on any atom is 0.191 e. The van der Waals surface area contributed by atoms with Crippen LogP contribution in [0.15, 0.2) is 35.3 Å². The van der Waals surface area contributed by atoms with Crippen LogP contribution in [0.5, 0.6) is 0 Å². The van der Waals surface area contributed by atoms with Crippen LogP contribution in [0.25, 0.3) is 0 Å². The topological polar surface area (TPSA) is 45.7 Å². The largest absolute Gasteiger partial charge is 0.380 e. The first kappa shape index (κ1) is 21.9. The highest BCUT2D eigenvalue weighted by Crippen LogP contribution is 2.16. The highest BCUT2D eigenvalue weighted by Gasteiger charge is 2.05. The summed E-state index contributed by atoms with van der Waals surface area (Å²) >= 11 is 1.81. The maximum atomic E-state index is 13.6. The predicted octanol–water partition coefficient (Wildman–Crippen LogP) is 4.08. The van der Waals surface area contributed by atoms with Gasteiger partial charge in [-0.25, -0.2) is 4.39 Å². The SMILES string of the molecule is CCc1ccc(CNC(=NC)NCc2ccc(F)c(COC)c2)s1.I. The summed E-state index contributed by atoms with van der Waals surface area (Å²) in [7, 11) is 3.30. The number of thiophene rings is 1. The van der Waals surface area contributed by atoms with E-state index >= 15 is 0 Å². The van der Waals surface area contributed by atoms with Crippen LogP contribution in [0.2, 0.25) is 0 Å². The number of benzene rings is 1. The highest BCUT2D eigenvalue weighted by molar-refractivity contribution is 14.0. The van der Waals surface area contributed by atoms with Crippen LogP contribution in [0.3, 0.4) is 0 Å². The summed E-state index contributed by atoms with van der Waals surface area (Å²) in [6, 6.07) is 9.35. The number of hydrogen-bond acceptors (Lipinski definition) is 3. The zero-order chi connectivity index (χ0) is 17.4. The maximum absolute atomic E-state index is 13.6. The molecule has 2 aromatic rings. The minimum atomic E-state index is -0.243. The molecule has 0 saturated carbocycles. The Morgan fingerprint density at radius 3 is 2.52 bits per heavy atom. The minimum Gasteiger partial charge on any atom is -0.380 e. The molecule has 7 heteroatoms. The molecule has 4 nitrogen and oxygen atoms in total. The fraction of sp³-hybridized carbons (Fsp3) is 0.389. The van der Waals surface area contributed by atoms with E-state index in [4.69, 9.17) is 4.74 Å². The molecule has 0 spiro atoms. The Hall–Kier alpha value is -1.19. The Bertz CT molecular complexity index is 691. The smallest absolute Gasteiger partial charge is 0.191 e. The highest BCUT2D eigenvalue weighted by atomic mass is 127. The Morgan fingerprint density at radius 2 is 1.88 bits per heavy atom. The number of halogens is 2. The lowest BCUT2D eigenvalue weighted by Gasteiger charge is -2.12. The average molecular weight is 477 g/mol. The van der Waals surface area contributed by atoms with E-state index in [1.165, 1.54) is 15.8 Å². The van der Waals surface area contributed by atoms with Gasteiger partial charge in [-0.1, -0.05) is 13.0 Å². The van der Waals surface area contributed by atoms with Crippen molar-refractivity contribution in [1.82, 2.24) is 10.6 Å². The number of ether oxygens (including phenoxy) is 1. The predicted molar refractivity (Wildman–Crippen MR) is 113 cm³/mol. The molecule has 0 aliphatic carbocycles. The van der Waals surface area contributed by atoms with Crippen molar-refractivity contribution in [2.24, 2.45) is 4.99 Å². The number of hydrogen-bond donors (Lipinski definition) is 2. The molecule has 0 radical (unpaired) electrons. The molecule has 0 amide bonds. The van der Waals surface area contributed by atoms with E-state index in [0.29, 0.717) is 12.1 Å². The van der Waals surface area contributed by atoms with Gasteiger partial charge >= 0.3 is 0 Å². The Morgan fingerprint density at radius 1 is 1.16 bits per heavy atom. The lowest BCUT2D eigenvalue weighted by molar-refractivity contribution is 0.181. The lowest BCUT2D eigenvalue weighted by Crippen LogP contribution is -2.36. The molecule has 25 heavy (non-hydrogen) atoms. The standard InChI is InChI=1S/C18H24FN3OS.HI/c1-4-15-6-7-16(24-15)11-22-18(20-2)21-10-13-5-8-17(19)14(9-13)12-23-3;/h5-9H,4,10-12H2,1-3H3,(H2,20,21,22);1H. The van der Waals surface area contributed by atoms with Crippen LogP contribution in [-0.4, -0.2) is 20.1 Å². The molecule has 0 aliphatic rings. The summed E-state index contributed by atoms with van der Waals surface area (Å²) in [6.07, 6.45) is 1.06. The van der Waals surface area contributed by atoms with Gasteiger partial charge in [0.25, 0.3) is 0 Å². The summed E-state index contributed by atoms with van der Waals surface area (Å²) in [4.78, 5) is 6.88. The van der Waals surface area contributed by atoms with Crippen LogP contribution >= 0.6 is 35.3 Å². The van der Waals surface area contributed by atoms with Gasteiger partial charge in [-0.05, 0) is 36.2 Å². The zero-order valence-corrected chi connectivity index (χ0v) is 17.9. The Kier molecular flexibility index (Phi) is 9.99. The van der Waals surface area contributed by atoms with Gasteiger partial charge in [-0.2, -0.15) is 0 Å². The van der Waals surface area contributed by atoms with E-state index in [0.717, 1.165) is 24.5 Å². The molecule has 1 aromatic carbocycles. The van der Waals surface area contributed by atoms with Crippen LogP contribution in [0.4, 0.5) is 4.39 Å². The summed E-state index contributed by atoms with van der Waals surface area (Å²) in [6.45, 7) is 3.73. The number of rotatable bonds is 7. The van der Waals surface area contributed by atoms with Crippen molar-refractivity contribution in [2.45, 2.75) is 33.0 Å². The quantitative estimate of drug-likeness (QED) is 0.359. The number of aryl methyl sites for hydroxylation is 1. The second kappa shape index (κ2) is 11.4. The summed E-state index contributed by atoms with van der Waals surface area (Å²) < 4.78 is 18.6. The third-order valence-electron chi connectivity index (χ3n) is 3.59. The summed E-state index contributed by atoms with van der Waals surface area (Å²) in [5, 5.41) is 6.54. The van der Waals surface area contributed by atoms with Crippen molar-refractivity contribution in [3.05, 3.63) is 57.0 Å². The monoisotopic (exact) mass is 477 g/mol. The molecule has 1 heterocycles. The molecule has 0 unspecified atom stereocenters.